The van der Waals surface area contributed by atoms with Crippen molar-refractivity contribution in [3.63, 3.8) is 0 Å². The van der Waals surface area contributed by atoms with Crippen molar-refractivity contribution in [3.8, 4) is 5.75 Å². The van der Waals surface area contributed by atoms with Gasteiger partial charge < -0.3 is 13.0 Å². The normalized spacial score (nSPS) is 23.2. The summed E-state index contributed by atoms with van der Waals surface area (Å²) in [6.45, 7) is 9.76. The van der Waals surface area contributed by atoms with Gasteiger partial charge in [-0.25, -0.2) is 21.6 Å². The first kappa shape index (κ1) is 48.2. The molecule has 332 valence electrons. The van der Waals surface area contributed by atoms with Crippen LogP contribution in [0.25, 0.3) is 4.13 Å². The van der Waals surface area contributed by atoms with Crippen LogP contribution in [0, 0.1) is 23.2 Å². The molecule has 2 aromatic carbocycles. The van der Waals surface area contributed by atoms with Crippen molar-refractivity contribution in [2.75, 3.05) is 0 Å². The van der Waals surface area contributed by atoms with Gasteiger partial charge in [-0.15, -0.1) is 0 Å². The molecule has 1 unspecified atom stereocenters. The molecule has 4 aliphatic carbocycles. The van der Waals surface area contributed by atoms with E-state index in [-0.39, 0.29) is 22.5 Å². The second kappa shape index (κ2) is 16.1. The fourth-order valence-electron chi connectivity index (χ4n) is 8.06. The number of hydrogen-bond acceptors (Lipinski definition) is 10. The summed E-state index contributed by atoms with van der Waals surface area (Å²) in [5, 5.41) is -14.7. The van der Waals surface area contributed by atoms with E-state index in [0.717, 1.165) is 43.2 Å². The molecule has 0 amide bonds. The molecule has 0 heterocycles. The van der Waals surface area contributed by atoms with Crippen LogP contribution in [0.5, 0.6) is 5.75 Å². The van der Waals surface area contributed by atoms with Crippen LogP contribution in [0.15, 0.2) is 48.5 Å². The highest BCUT2D eigenvalue weighted by molar-refractivity contribution is 8.13. The SMILES string of the molecule is CC(=O)c1ccc(OS(=O)(=O)C(F)(F)C(F)(F)C(F)(F)S(=O)(=O)[N-]S(=O)(=O)C(F)(F)F)cc1.CCC(C)c1ccc(C(=O)OC(C)(C)C23CC4CC(CC(C4)C2)C3)cc1. The topological polar surface area (TPSA) is 169 Å². The van der Waals surface area contributed by atoms with E-state index in [1.807, 2.05) is 12.1 Å². The van der Waals surface area contributed by atoms with E-state index in [1.165, 1.54) is 44.1 Å². The van der Waals surface area contributed by atoms with E-state index < -0.39 is 63.6 Å². The predicted octanol–water partition coefficient (Wildman–Crippen LogP) is 9.32. The van der Waals surface area contributed by atoms with Crippen LogP contribution in [0.2, 0.25) is 0 Å². The maximum Gasteiger partial charge on any atom is 0.480 e. The number of benzene rings is 2. The molecule has 2 aromatic rings. The van der Waals surface area contributed by atoms with Crippen LogP contribution in [-0.2, 0) is 34.9 Å². The molecule has 59 heavy (non-hydrogen) atoms. The van der Waals surface area contributed by atoms with Crippen LogP contribution >= 0.6 is 0 Å². The van der Waals surface area contributed by atoms with Crippen LogP contribution in [0.1, 0.15) is 112 Å². The largest absolute Gasteiger partial charge is 0.480 e. The average molecular weight is 915 g/mol. The lowest BCUT2D eigenvalue weighted by Crippen LogP contribution is -2.61. The number of carbonyl (C=O) groups excluding carboxylic acids is 2. The van der Waals surface area contributed by atoms with Crippen molar-refractivity contribution in [2.24, 2.45) is 23.2 Å². The maximum absolute atomic E-state index is 13.9. The molecule has 6 rings (SSSR count). The first-order chi connectivity index (χ1) is 26.7. The molecule has 11 nitrogen and oxygen atoms in total. The van der Waals surface area contributed by atoms with E-state index >= 15 is 0 Å². The van der Waals surface area contributed by atoms with Crippen molar-refractivity contribution in [1.82, 2.24) is 0 Å². The Morgan fingerprint density at radius 2 is 1.17 bits per heavy atom. The van der Waals surface area contributed by atoms with E-state index in [9.17, 15) is 74.4 Å². The molecule has 0 radical (unpaired) electrons. The lowest BCUT2D eigenvalue weighted by Gasteiger charge is -2.61. The van der Waals surface area contributed by atoms with Gasteiger partial charge in [0.05, 0.1) is 5.56 Å². The summed E-state index contributed by atoms with van der Waals surface area (Å²) >= 11 is 0. The van der Waals surface area contributed by atoms with Gasteiger partial charge in [0, 0.05) is 11.0 Å². The number of alkyl halides is 9. The molecular weight excluding hydrogens is 874 g/mol. The highest BCUT2D eigenvalue weighted by Crippen LogP contribution is 2.64. The number of halogens is 9. The Bertz CT molecular complexity index is 2190. The molecule has 0 aliphatic heterocycles. The van der Waals surface area contributed by atoms with Crippen molar-refractivity contribution < 1.29 is 83.3 Å². The van der Waals surface area contributed by atoms with Crippen molar-refractivity contribution in [2.45, 2.75) is 113 Å². The number of sulfonamides is 2. The van der Waals surface area contributed by atoms with Gasteiger partial charge in [0.15, 0.2) is 25.8 Å². The van der Waals surface area contributed by atoms with Crippen molar-refractivity contribution in [3.05, 3.63) is 69.3 Å². The summed E-state index contributed by atoms with van der Waals surface area (Å²) in [6, 6.07) is 10.4. The molecule has 4 fully saturated rings. The summed E-state index contributed by atoms with van der Waals surface area (Å²) in [6.07, 6.45) is 9.13. The smallest absolute Gasteiger partial charge is 0.455 e. The van der Waals surface area contributed by atoms with Crippen LogP contribution in [-0.4, -0.2) is 64.5 Å². The second-order valence-corrected chi connectivity index (χ2v) is 20.8. The zero-order valence-electron chi connectivity index (χ0n) is 32.0. The molecule has 0 N–H and O–H groups in total. The first-order valence-electron chi connectivity index (χ1n) is 18.0. The molecule has 0 aromatic heterocycles. The monoisotopic (exact) mass is 914 g/mol. The zero-order chi connectivity index (χ0) is 45.0. The standard InChI is InChI=1S/C24H34O2.C12H7F9NO8S3/c1-5-16(2)20-6-8-21(9-7-20)22(25)26-23(3,4)24-13-17-10-18(14-24)12-19(11-17)15-24;1-6(23)7-2-4-8(5-3-7)30-33(28,29)11(17,18)9(13,14)10(15,16)31(24,25)22-32(26,27)12(19,20)21/h6-9,16-19H,5,10-15H2,1-4H3;2-5H,1H3/q;-1. The van der Waals surface area contributed by atoms with E-state index in [4.69, 9.17) is 4.74 Å². The van der Waals surface area contributed by atoms with Gasteiger partial charge in [-0.2, -0.15) is 47.9 Å². The summed E-state index contributed by atoms with van der Waals surface area (Å²) in [4.78, 5) is 23.9. The molecular formula is C36H41F9NO10S3-. The lowest BCUT2D eigenvalue weighted by molar-refractivity contribution is -0.245. The molecule has 4 aliphatic rings. The minimum Gasteiger partial charge on any atom is -0.455 e. The van der Waals surface area contributed by atoms with Gasteiger partial charge in [0.1, 0.15) is 11.4 Å². The van der Waals surface area contributed by atoms with Crippen LogP contribution in [0.3, 0.4) is 0 Å². The number of rotatable bonds is 14. The Labute approximate surface area is 335 Å². The number of hydrogen-bond donors (Lipinski definition) is 0. The Morgan fingerprint density at radius 3 is 1.58 bits per heavy atom. The van der Waals surface area contributed by atoms with Gasteiger partial charge in [-0.05, 0) is 131 Å². The van der Waals surface area contributed by atoms with E-state index in [0.29, 0.717) is 27.7 Å². The van der Waals surface area contributed by atoms with Gasteiger partial charge in [-0.3, -0.25) is 4.79 Å². The molecule has 0 spiro atoms. The number of ether oxygens (including phenoxy) is 1. The zero-order valence-corrected chi connectivity index (χ0v) is 34.5. The molecule has 1 atom stereocenters. The fourth-order valence-corrected chi connectivity index (χ4v) is 11.2. The Hall–Kier alpha value is -3.44. The number of ketones is 1. The van der Waals surface area contributed by atoms with Gasteiger partial charge >= 0.3 is 38.0 Å². The number of nitrogens with zero attached hydrogens (tertiary/aromatic N) is 1. The summed E-state index contributed by atoms with van der Waals surface area (Å²) in [5.41, 5.74) is -5.10. The third kappa shape index (κ3) is 9.26. The minimum atomic E-state index is -7.99. The summed E-state index contributed by atoms with van der Waals surface area (Å²) < 4.78 is 196. The predicted molar refractivity (Wildman–Crippen MR) is 193 cm³/mol. The average Bonchev–Trinajstić information content (AvgIpc) is 3.09. The van der Waals surface area contributed by atoms with Crippen LogP contribution in [0.4, 0.5) is 39.5 Å². The maximum atomic E-state index is 13.9. The Kier molecular flexibility index (Phi) is 13.2. The minimum absolute atomic E-state index is 0.151. The number of Topliss-reactive ketones (excluding diaryl/α,β-unsaturated/α-hetero) is 1. The number of carbonyl (C=O) groups is 2. The Balaban J connectivity index is 0.000000266. The second-order valence-electron chi connectivity index (χ2n) is 15.7. The van der Waals surface area contributed by atoms with Gasteiger partial charge in [-0.1, -0.05) is 26.0 Å². The van der Waals surface area contributed by atoms with Crippen molar-refractivity contribution >= 4 is 41.9 Å². The third-order valence-electron chi connectivity index (χ3n) is 11.3. The fraction of sp³-hybridized carbons (Fsp3) is 0.611. The Morgan fingerprint density at radius 1 is 0.729 bits per heavy atom. The summed E-state index contributed by atoms with van der Waals surface area (Å²) in [7, 11) is -22.7. The van der Waals surface area contributed by atoms with Gasteiger partial charge in [0.25, 0.3) is 0 Å². The third-order valence-corrected chi connectivity index (χ3v) is 15.7. The molecule has 0 saturated heterocycles. The van der Waals surface area contributed by atoms with Gasteiger partial charge in [0.2, 0.25) is 0 Å². The quantitative estimate of drug-likeness (QED) is 0.0771. The lowest BCUT2D eigenvalue weighted by atomic mass is 9.46. The van der Waals surface area contributed by atoms with E-state index in [1.54, 1.807) is 0 Å². The van der Waals surface area contributed by atoms with Crippen molar-refractivity contribution in [1.29, 1.82) is 0 Å². The van der Waals surface area contributed by atoms with E-state index in [2.05, 4.69) is 44.0 Å². The molecule has 23 heteroatoms. The highest BCUT2D eigenvalue weighted by atomic mass is 32.3. The van der Waals surface area contributed by atoms with Crippen LogP contribution < -0.4 is 4.18 Å². The summed E-state index contributed by atoms with van der Waals surface area (Å²) in [5.74, 6) is -6.54. The first-order valence-corrected chi connectivity index (χ1v) is 22.3. The number of esters is 1. The molecule has 4 bridgehead atoms. The molecule has 4 saturated carbocycles. The highest BCUT2D eigenvalue weighted by Gasteiger charge is 2.81.